The zero-order valence-electron chi connectivity index (χ0n) is 22.1. The fourth-order valence-electron chi connectivity index (χ4n) is 4.06. The van der Waals surface area contributed by atoms with Gasteiger partial charge in [0.1, 0.15) is 11.5 Å². The number of furan rings is 1. The van der Waals surface area contributed by atoms with Crippen LogP contribution in [-0.2, 0) is 32.2 Å². The molecule has 0 spiro atoms. The monoisotopic (exact) mass is 553 g/mol. The second-order valence-corrected chi connectivity index (χ2v) is 9.14. The van der Waals surface area contributed by atoms with Crippen LogP contribution in [-0.4, -0.2) is 87.4 Å². The van der Waals surface area contributed by atoms with E-state index >= 15 is 0 Å². The largest absolute Gasteiger partial charge is 0.502 e. The Bertz CT molecular complexity index is 1080. The molecule has 1 aromatic heterocycles. The lowest BCUT2D eigenvalue weighted by atomic mass is 9.96. The predicted molar refractivity (Wildman–Crippen MR) is 135 cm³/mol. The summed E-state index contributed by atoms with van der Waals surface area (Å²) in [6.45, 7) is 4.97. The Morgan fingerprint density at radius 3 is 2.03 bits per heavy atom. The third kappa shape index (κ3) is 9.78. The van der Waals surface area contributed by atoms with Crippen LogP contribution in [0.2, 0.25) is 0 Å². The number of hydrogen-bond acceptors (Lipinski definition) is 10. The maximum Gasteiger partial charge on any atom is 0.336 e. The zero-order valence-corrected chi connectivity index (χ0v) is 22.1. The average Bonchev–Trinajstić information content (AvgIpc) is 3.50. The molecule has 0 bridgehead atoms. The van der Waals surface area contributed by atoms with Gasteiger partial charge in [-0.1, -0.05) is 0 Å². The Morgan fingerprint density at radius 2 is 1.62 bits per heavy atom. The van der Waals surface area contributed by atoms with Crippen LogP contribution in [0.15, 0.2) is 28.7 Å². The van der Waals surface area contributed by atoms with Crippen LogP contribution < -0.4 is 9.47 Å². The number of aromatic hydroxyl groups is 1. The van der Waals surface area contributed by atoms with Gasteiger partial charge >= 0.3 is 17.9 Å². The van der Waals surface area contributed by atoms with Crippen molar-refractivity contribution in [3.05, 3.63) is 41.3 Å². The summed E-state index contributed by atoms with van der Waals surface area (Å²) in [7, 11) is 3.07. The highest BCUT2D eigenvalue weighted by Crippen LogP contribution is 2.37. The van der Waals surface area contributed by atoms with Gasteiger partial charge < -0.3 is 44.2 Å². The van der Waals surface area contributed by atoms with Crippen LogP contribution in [0.4, 0.5) is 0 Å². The number of nitrogens with zero attached hydrogens (tertiary/aromatic N) is 1. The molecule has 13 nitrogen and oxygen atoms in total. The van der Waals surface area contributed by atoms with E-state index in [-0.39, 0.29) is 11.9 Å². The van der Waals surface area contributed by atoms with Gasteiger partial charge in [0.05, 0.1) is 39.7 Å². The highest BCUT2D eigenvalue weighted by Gasteiger charge is 2.40. The van der Waals surface area contributed by atoms with E-state index in [1.807, 2.05) is 31.2 Å². The van der Waals surface area contributed by atoms with Gasteiger partial charge in [-0.05, 0) is 49.6 Å². The molecular weight excluding hydrogens is 518 g/mol. The summed E-state index contributed by atoms with van der Waals surface area (Å²) in [5.74, 6) is -2.35. The average molecular weight is 554 g/mol. The lowest BCUT2D eigenvalue weighted by Gasteiger charge is -2.25. The van der Waals surface area contributed by atoms with Crippen molar-refractivity contribution < 1.29 is 58.5 Å². The number of rotatable bonds is 13. The van der Waals surface area contributed by atoms with Gasteiger partial charge in [0.2, 0.25) is 5.75 Å². The number of methoxy groups -OCH3 is 2. The topological polar surface area (TPSA) is 196 Å². The molecule has 0 aliphatic carbocycles. The molecule has 1 atom stereocenters. The molecule has 0 saturated carbocycles. The summed E-state index contributed by atoms with van der Waals surface area (Å²) < 4.78 is 22.1. The highest BCUT2D eigenvalue weighted by atomic mass is 16.5. The number of carboxylic acids is 3. The molecule has 1 aromatic carbocycles. The number of ether oxygens (including phenoxy) is 3. The van der Waals surface area contributed by atoms with Gasteiger partial charge in [0.25, 0.3) is 0 Å². The van der Waals surface area contributed by atoms with E-state index in [1.165, 1.54) is 14.2 Å². The first kappa shape index (κ1) is 31.4. The van der Waals surface area contributed by atoms with Crippen molar-refractivity contribution in [1.29, 1.82) is 0 Å². The molecule has 2 aromatic rings. The van der Waals surface area contributed by atoms with Crippen molar-refractivity contribution in [2.75, 3.05) is 27.4 Å². The Kier molecular flexibility index (Phi) is 11.6. The second-order valence-electron chi connectivity index (χ2n) is 9.14. The third-order valence-corrected chi connectivity index (χ3v) is 5.89. The molecule has 1 unspecified atom stereocenters. The van der Waals surface area contributed by atoms with Crippen LogP contribution in [0.25, 0.3) is 0 Å². The lowest BCUT2D eigenvalue weighted by Crippen LogP contribution is -2.42. The number of phenolic OH excluding ortho intramolecular Hbond substituents is 1. The van der Waals surface area contributed by atoms with Gasteiger partial charge in [-0.25, -0.2) is 4.79 Å². The summed E-state index contributed by atoms with van der Waals surface area (Å²) in [6.07, 6.45) is 0.144. The molecule has 1 aliphatic heterocycles. The first-order valence-electron chi connectivity index (χ1n) is 12.1. The van der Waals surface area contributed by atoms with Crippen molar-refractivity contribution >= 4 is 17.9 Å². The van der Waals surface area contributed by atoms with E-state index in [2.05, 4.69) is 4.90 Å². The van der Waals surface area contributed by atoms with Crippen molar-refractivity contribution in [2.24, 2.45) is 0 Å². The van der Waals surface area contributed by atoms with E-state index in [9.17, 15) is 19.5 Å². The molecule has 1 fully saturated rings. The maximum absolute atomic E-state index is 10.3. The Balaban J connectivity index is 0.000000349. The summed E-state index contributed by atoms with van der Waals surface area (Å²) >= 11 is 0. The smallest absolute Gasteiger partial charge is 0.336 e. The lowest BCUT2D eigenvalue weighted by molar-refractivity contribution is -0.170. The first-order chi connectivity index (χ1) is 18.4. The molecule has 0 amide bonds. The normalized spacial score (nSPS) is 14.9. The number of carboxylic acid groups (broad SMARTS) is 3. The Hall–Kier alpha value is -3.81. The fourth-order valence-corrected chi connectivity index (χ4v) is 4.06. The van der Waals surface area contributed by atoms with E-state index in [1.54, 1.807) is 0 Å². The van der Waals surface area contributed by atoms with Crippen LogP contribution in [0.5, 0.6) is 17.2 Å². The maximum atomic E-state index is 10.3. The first-order valence-corrected chi connectivity index (χ1v) is 12.1. The Morgan fingerprint density at radius 1 is 1.03 bits per heavy atom. The summed E-state index contributed by atoms with van der Waals surface area (Å²) in [5, 5.41) is 43.9. The minimum absolute atomic E-state index is 0.0195. The quantitative estimate of drug-likeness (QED) is 0.242. The van der Waals surface area contributed by atoms with Crippen molar-refractivity contribution in [3.8, 4) is 17.2 Å². The number of aliphatic hydroxyl groups is 1. The minimum Gasteiger partial charge on any atom is -0.502 e. The van der Waals surface area contributed by atoms with E-state index < -0.39 is 36.4 Å². The van der Waals surface area contributed by atoms with Gasteiger partial charge in [0.15, 0.2) is 17.1 Å². The molecule has 13 heteroatoms. The van der Waals surface area contributed by atoms with E-state index in [0.29, 0.717) is 24.6 Å². The minimum atomic E-state index is -2.74. The fraction of sp³-hybridized carbons (Fsp3) is 0.500. The second kappa shape index (κ2) is 14.4. The molecule has 5 N–H and O–H groups in total. The van der Waals surface area contributed by atoms with Crippen LogP contribution in [0.1, 0.15) is 42.8 Å². The van der Waals surface area contributed by atoms with Gasteiger partial charge in [-0.3, -0.25) is 14.5 Å². The third-order valence-electron chi connectivity index (χ3n) is 5.89. The van der Waals surface area contributed by atoms with E-state index in [4.69, 9.17) is 39.1 Å². The molecule has 0 radical (unpaired) electrons. The van der Waals surface area contributed by atoms with Gasteiger partial charge in [0, 0.05) is 19.7 Å². The summed E-state index contributed by atoms with van der Waals surface area (Å²) in [4.78, 5) is 32.8. The zero-order chi connectivity index (χ0) is 29.2. The summed E-state index contributed by atoms with van der Waals surface area (Å²) in [5.41, 5.74) is -1.74. The Labute approximate surface area is 225 Å². The molecule has 1 aliphatic rings. The van der Waals surface area contributed by atoms with Crippen LogP contribution >= 0.6 is 0 Å². The number of aryl methyl sites for hydroxylation is 1. The van der Waals surface area contributed by atoms with Gasteiger partial charge in [-0.2, -0.15) is 0 Å². The predicted octanol–water partition coefficient (Wildman–Crippen LogP) is 2.24. The van der Waals surface area contributed by atoms with Crippen molar-refractivity contribution in [1.82, 2.24) is 4.90 Å². The number of hydrogen-bond donors (Lipinski definition) is 5. The van der Waals surface area contributed by atoms with E-state index in [0.717, 1.165) is 43.1 Å². The number of phenols is 1. The number of carbonyl (C=O) groups is 3. The molecule has 3 rings (SSSR count). The molecule has 2 heterocycles. The number of aliphatic carboxylic acids is 3. The van der Waals surface area contributed by atoms with Crippen LogP contribution in [0, 0.1) is 6.92 Å². The van der Waals surface area contributed by atoms with Crippen LogP contribution in [0.3, 0.4) is 0 Å². The molecule has 1 saturated heterocycles. The SMILES string of the molecule is COc1cc(CN(Cc2ccc(C)o2)CC2CCCO2)cc(OC)c1O.O=C(O)CC(O)(CC(=O)O)C(=O)O. The summed E-state index contributed by atoms with van der Waals surface area (Å²) in [6, 6.07) is 7.67. The molecule has 216 valence electrons. The van der Waals surface area contributed by atoms with Crippen molar-refractivity contribution in [2.45, 2.75) is 57.4 Å². The molecular formula is C26H35NO12. The molecule has 39 heavy (non-hydrogen) atoms. The number of benzene rings is 1. The standard InChI is InChI=1S/C20H27NO5.C6H8O7/c1-14-6-7-17(26-14)13-21(12-16-5-4-8-25-16)11-15-9-18(23-2)20(22)19(10-15)24-3;7-3(8)1-6(13,5(11)12)2-4(9)10/h6-7,9-10,16,22H,4-5,8,11-13H2,1-3H3;13H,1-2H2,(H,7,8)(H,9,10)(H,11,12). The van der Waals surface area contributed by atoms with Gasteiger partial charge in [-0.15, -0.1) is 0 Å². The van der Waals surface area contributed by atoms with Crippen molar-refractivity contribution in [3.63, 3.8) is 0 Å². The highest BCUT2D eigenvalue weighted by molar-refractivity contribution is 5.88.